The Bertz CT molecular complexity index is 466. The summed E-state index contributed by atoms with van der Waals surface area (Å²) in [5.41, 5.74) is -0.461. The third kappa shape index (κ3) is 4.44. The lowest BCUT2D eigenvalue weighted by molar-refractivity contribution is 0.167. The van der Waals surface area contributed by atoms with Crippen LogP contribution >= 0.6 is 0 Å². The Labute approximate surface area is 125 Å². The molecule has 0 unspecified atom stereocenters. The molecule has 1 aromatic rings. The second kappa shape index (κ2) is 6.91. The summed E-state index contributed by atoms with van der Waals surface area (Å²) in [7, 11) is 4.01. The van der Waals surface area contributed by atoms with Gasteiger partial charge in [-0.15, -0.1) is 0 Å². The van der Waals surface area contributed by atoms with Crippen molar-refractivity contribution in [1.82, 2.24) is 20.0 Å². The molecule has 21 heavy (non-hydrogen) atoms. The maximum Gasteiger partial charge on any atom is 0.320 e. The quantitative estimate of drug-likeness (QED) is 0.727. The molecule has 1 heterocycles. The first-order valence-corrected chi connectivity index (χ1v) is 7.41. The fourth-order valence-corrected chi connectivity index (χ4v) is 2.62. The highest BCUT2D eigenvalue weighted by Gasteiger charge is 2.34. The van der Waals surface area contributed by atoms with Crippen LogP contribution in [0, 0.1) is 0 Å². The minimum absolute atomic E-state index is 0.0162. The molecule has 2 rings (SSSR count). The SMILES string of the molecule is CN(C)CCn1ccc(NC(=O)NC2(CO)CCCC2)n1. The largest absolute Gasteiger partial charge is 0.394 e. The normalized spacial score (nSPS) is 17.1. The summed E-state index contributed by atoms with van der Waals surface area (Å²) in [6.07, 6.45) is 5.58. The molecule has 1 aliphatic rings. The molecule has 0 aliphatic heterocycles. The molecule has 1 saturated carbocycles. The van der Waals surface area contributed by atoms with E-state index in [-0.39, 0.29) is 12.6 Å². The first-order valence-electron chi connectivity index (χ1n) is 7.41. The van der Waals surface area contributed by atoms with Gasteiger partial charge in [-0.2, -0.15) is 5.10 Å². The van der Waals surface area contributed by atoms with Gasteiger partial charge in [-0.3, -0.25) is 10.00 Å². The van der Waals surface area contributed by atoms with E-state index in [9.17, 15) is 9.90 Å². The number of nitrogens with one attached hydrogen (secondary N) is 2. The smallest absolute Gasteiger partial charge is 0.320 e. The van der Waals surface area contributed by atoms with Crippen LogP contribution in [-0.2, 0) is 6.54 Å². The lowest BCUT2D eigenvalue weighted by Gasteiger charge is -2.27. The van der Waals surface area contributed by atoms with Gasteiger partial charge in [0.15, 0.2) is 5.82 Å². The van der Waals surface area contributed by atoms with Gasteiger partial charge in [0.25, 0.3) is 0 Å². The number of hydrogen-bond acceptors (Lipinski definition) is 4. The summed E-state index contributed by atoms with van der Waals surface area (Å²) in [5, 5.41) is 19.4. The van der Waals surface area contributed by atoms with Crippen LogP contribution in [0.2, 0.25) is 0 Å². The van der Waals surface area contributed by atoms with Crippen molar-refractivity contribution in [3.8, 4) is 0 Å². The summed E-state index contributed by atoms with van der Waals surface area (Å²) in [6.45, 7) is 1.65. The number of nitrogens with zero attached hydrogens (tertiary/aromatic N) is 3. The van der Waals surface area contributed by atoms with Crippen molar-refractivity contribution in [1.29, 1.82) is 0 Å². The van der Waals surface area contributed by atoms with Gasteiger partial charge < -0.3 is 15.3 Å². The Kier molecular flexibility index (Phi) is 5.19. The van der Waals surface area contributed by atoms with E-state index < -0.39 is 5.54 Å². The van der Waals surface area contributed by atoms with Gasteiger partial charge in [-0.25, -0.2) is 4.79 Å². The van der Waals surface area contributed by atoms with E-state index in [1.807, 2.05) is 20.3 Å². The van der Waals surface area contributed by atoms with E-state index >= 15 is 0 Å². The summed E-state index contributed by atoms with van der Waals surface area (Å²) < 4.78 is 1.80. The molecule has 0 saturated heterocycles. The lowest BCUT2D eigenvalue weighted by atomic mass is 9.99. The molecule has 7 heteroatoms. The minimum atomic E-state index is -0.461. The highest BCUT2D eigenvalue weighted by molar-refractivity contribution is 5.88. The zero-order valence-electron chi connectivity index (χ0n) is 12.8. The van der Waals surface area contributed by atoms with Gasteiger partial charge in [0.05, 0.1) is 18.7 Å². The highest BCUT2D eigenvalue weighted by Crippen LogP contribution is 2.29. The molecular weight excluding hydrogens is 270 g/mol. The molecule has 0 bridgehead atoms. The molecular formula is C14H25N5O2. The highest BCUT2D eigenvalue weighted by atomic mass is 16.3. The number of aromatic nitrogens is 2. The first kappa shape index (κ1) is 15.8. The number of rotatable bonds is 6. The fourth-order valence-electron chi connectivity index (χ4n) is 2.62. The Morgan fingerprint density at radius 1 is 1.48 bits per heavy atom. The molecule has 0 atom stereocenters. The number of amides is 2. The van der Waals surface area contributed by atoms with Crippen LogP contribution in [0.4, 0.5) is 10.6 Å². The summed E-state index contributed by atoms with van der Waals surface area (Å²) >= 11 is 0. The van der Waals surface area contributed by atoms with Gasteiger partial charge >= 0.3 is 6.03 Å². The van der Waals surface area contributed by atoms with Gasteiger partial charge in [0.2, 0.25) is 0 Å². The van der Waals surface area contributed by atoms with Crippen LogP contribution in [-0.4, -0.2) is 58.6 Å². The minimum Gasteiger partial charge on any atom is -0.394 e. The second-order valence-electron chi connectivity index (χ2n) is 5.99. The number of hydrogen-bond donors (Lipinski definition) is 3. The van der Waals surface area contributed by atoms with Gasteiger partial charge in [0, 0.05) is 18.8 Å². The average Bonchev–Trinajstić information content (AvgIpc) is 3.06. The van der Waals surface area contributed by atoms with Gasteiger partial charge in [0.1, 0.15) is 0 Å². The Hall–Kier alpha value is -1.60. The molecule has 1 aliphatic carbocycles. The summed E-state index contributed by atoms with van der Waals surface area (Å²) in [6, 6.07) is 1.47. The number of anilines is 1. The maximum atomic E-state index is 12.0. The van der Waals surface area contributed by atoms with Crippen molar-refractivity contribution in [2.75, 3.05) is 32.6 Å². The van der Waals surface area contributed by atoms with Crippen molar-refractivity contribution in [2.45, 2.75) is 37.8 Å². The first-order chi connectivity index (χ1) is 10.0. The van der Waals surface area contributed by atoms with Gasteiger partial charge in [-0.1, -0.05) is 12.8 Å². The number of urea groups is 1. The van der Waals surface area contributed by atoms with Crippen LogP contribution in [0.3, 0.4) is 0 Å². The zero-order chi connectivity index (χ0) is 15.3. The third-order valence-electron chi connectivity index (χ3n) is 3.90. The molecule has 1 fully saturated rings. The van der Waals surface area contributed by atoms with E-state index in [1.54, 1.807) is 10.7 Å². The van der Waals surface area contributed by atoms with Crippen LogP contribution < -0.4 is 10.6 Å². The third-order valence-corrected chi connectivity index (χ3v) is 3.90. The average molecular weight is 295 g/mol. The Morgan fingerprint density at radius 3 is 2.81 bits per heavy atom. The van der Waals surface area contributed by atoms with E-state index in [2.05, 4.69) is 20.6 Å². The number of aliphatic hydroxyl groups excluding tert-OH is 1. The predicted octanol–water partition coefficient (Wildman–Crippen LogP) is 0.871. The van der Waals surface area contributed by atoms with Gasteiger partial charge in [-0.05, 0) is 26.9 Å². The molecule has 0 spiro atoms. The molecule has 118 valence electrons. The molecule has 3 N–H and O–H groups in total. The van der Waals surface area contributed by atoms with Crippen LogP contribution in [0.25, 0.3) is 0 Å². The summed E-state index contributed by atoms with van der Waals surface area (Å²) in [5.74, 6) is 0.525. The van der Waals surface area contributed by atoms with Crippen molar-refractivity contribution < 1.29 is 9.90 Å². The lowest BCUT2D eigenvalue weighted by Crippen LogP contribution is -2.50. The predicted molar refractivity (Wildman–Crippen MR) is 81.2 cm³/mol. The van der Waals surface area contributed by atoms with Crippen LogP contribution in [0.5, 0.6) is 0 Å². The molecule has 7 nitrogen and oxygen atoms in total. The van der Waals surface area contributed by atoms with Crippen molar-refractivity contribution >= 4 is 11.8 Å². The van der Waals surface area contributed by atoms with Crippen molar-refractivity contribution in [2.24, 2.45) is 0 Å². The second-order valence-corrected chi connectivity index (χ2v) is 5.99. The molecule has 0 radical (unpaired) electrons. The monoisotopic (exact) mass is 295 g/mol. The summed E-state index contributed by atoms with van der Waals surface area (Å²) in [4.78, 5) is 14.1. The number of carbonyl (C=O) groups is 1. The van der Waals surface area contributed by atoms with E-state index in [0.29, 0.717) is 5.82 Å². The Balaban J connectivity index is 1.85. The maximum absolute atomic E-state index is 12.0. The van der Waals surface area contributed by atoms with E-state index in [1.165, 1.54) is 0 Å². The van der Waals surface area contributed by atoms with Crippen molar-refractivity contribution in [3.63, 3.8) is 0 Å². The van der Waals surface area contributed by atoms with E-state index in [0.717, 1.165) is 38.8 Å². The molecule has 1 aromatic heterocycles. The number of carbonyl (C=O) groups excluding carboxylic acids is 1. The topological polar surface area (TPSA) is 82.4 Å². The Morgan fingerprint density at radius 2 is 2.19 bits per heavy atom. The van der Waals surface area contributed by atoms with Crippen LogP contribution in [0.15, 0.2) is 12.3 Å². The van der Waals surface area contributed by atoms with Crippen molar-refractivity contribution in [3.05, 3.63) is 12.3 Å². The molecule has 0 aromatic carbocycles. The zero-order valence-corrected chi connectivity index (χ0v) is 12.8. The van der Waals surface area contributed by atoms with E-state index in [4.69, 9.17) is 0 Å². The fraction of sp³-hybridized carbons (Fsp3) is 0.714. The molecule has 2 amide bonds. The standard InChI is InChI=1S/C14H25N5O2/c1-18(2)9-10-19-8-5-12(17-19)15-13(21)16-14(11-20)6-3-4-7-14/h5,8,20H,3-4,6-7,9-11H2,1-2H3,(H2,15,16,17,21). The number of aliphatic hydroxyl groups is 1. The number of likely N-dealkylation sites (N-methyl/N-ethyl adjacent to an activating group) is 1. The van der Waals surface area contributed by atoms with Crippen LogP contribution in [0.1, 0.15) is 25.7 Å².